The number of hydrogen-bond acceptors (Lipinski definition) is 3. The molecule has 0 spiro atoms. The summed E-state index contributed by atoms with van der Waals surface area (Å²) in [7, 11) is 0. The Morgan fingerprint density at radius 1 is 0.640 bits per heavy atom. The zero-order chi connectivity index (χ0) is 17.1. The molecule has 0 fully saturated rings. The molecule has 3 nitrogen and oxygen atoms in total. The third kappa shape index (κ3) is 3.12. The summed E-state index contributed by atoms with van der Waals surface area (Å²) in [5.41, 5.74) is 1.40. The number of pyridine rings is 1. The Balaban J connectivity index is 0.000000129. The Bertz CT molecular complexity index is 1170. The standard InChI is InChI=1S/C13H9N.C9H6O2/c1-2-6-11-10(5-1)9-14-13-8-4-3-7-12(11)13;10-9-6-5-7-3-1-2-4-8(7)11-9/h1-9H;1-6H. The van der Waals surface area contributed by atoms with Crippen LogP contribution in [-0.4, -0.2) is 4.98 Å². The van der Waals surface area contributed by atoms with Gasteiger partial charge in [0.15, 0.2) is 0 Å². The minimum absolute atomic E-state index is 0.302. The molecule has 0 atom stereocenters. The first-order chi connectivity index (χ1) is 12.3. The molecule has 0 saturated heterocycles. The van der Waals surface area contributed by atoms with Gasteiger partial charge in [0.2, 0.25) is 0 Å². The summed E-state index contributed by atoms with van der Waals surface area (Å²) in [6, 6.07) is 27.2. The Hall–Kier alpha value is -3.46. The van der Waals surface area contributed by atoms with Gasteiger partial charge in [-0.2, -0.15) is 0 Å². The van der Waals surface area contributed by atoms with E-state index in [4.69, 9.17) is 4.42 Å². The molecule has 0 bridgehead atoms. The fourth-order valence-corrected chi connectivity index (χ4v) is 2.82. The number of hydrogen-bond donors (Lipinski definition) is 0. The highest BCUT2D eigenvalue weighted by Crippen LogP contribution is 2.22. The molecule has 0 unspecified atom stereocenters. The lowest BCUT2D eigenvalue weighted by Crippen LogP contribution is -1.93. The van der Waals surface area contributed by atoms with Crippen molar-refractivity contribution in [2.75, 3.05) is 0 Å². The van der Waals surface area contributed by atoms with E-state index in [2.05, 4.69) is 35.3 Å². The molecule has 2 aromatic heterocycles. The highest BCUT2D eigenvalue weighted by molar-refractivity contribution is 6.05. The van der Waals surface area contributed by atoms with Crippen LogP contribution in [-0.2, 0) is 0 Å². The number of benzene rings is 3. The average Bonchev–Trinajstić information content (AvgIpc) is 2.68. The van der Waals surface area contributed by atoms with E-state index in [1.54, 1.807) is 12.1 Å². The lowest BCUT2D eigenvalue weighted by Gasteiger charge is -2.01. The number of rotatable bonds is 0. The molecule has 25 heavy (non-hydrogen) atoms. The Morgan fingerprint density at radius 3 is 2.20 bits per heavy atom. The molecule has 2 heterocycles. The van der Waals surface area contributed by atoms with E-state index < -0.39 is 0 Å². The molecule has 0 radical (unpaired) electrons. The molecule has 120 valence electrons. The maximum atomic E-state index is 10.7. The van der Waals surface area contributed by atoms with Gasteiger partial charge in [0, 0.05) is 28.4 Å². The zero-order valence-corrected chi connectivity index (χ0v) is 13.4. The zero-order valence-electron chi connectivity index (χ0n) is 13.4. The van der Waals surface area contributed by atoms with Gasteiger partial charge in [-0.05, 0) is 23.6 Å². The lowest BCUT2D eigenvalue weighted by molar-refractivity contribution is 0.561. The normalized spacial score (nSPS) is 10.6. The van der Waals surface area contributed by atoms with Gasteiger partial charge in [-0.15, -0.1) is 0 Å². The summed E-state index contributed by atoms with van der Waals surface area (Å²) in [6.07, 6.45) is 1.93. The van der Waals surface area contributed by atoms with Crippen molar-refractivity contribution >= 4 is 32.6 Å². The highest BCUT2D eigenvalue weighted by Gasteiger charge is 1.98. The molecule has 0 N–H and O–H groups in total. The number of aromatic nitrogens is 1. The topological polar surface area (TPSA) is 43.1 Å². The predicted octanol–water partition coefficient (Wildman–Crippen LogP) is 5.18. The van der Waals surface area contributed by atoms with Crippen molar-refractivity contribution in [2.45, 2.75) is 0 Å². The van der Waals surface area contributed by atoms with Crippen LogP contribution in [0.3, 0.4) is 0 Å². The predicted molar refractivity (Wildman–Crippen MR) is 102 cm³/mol. The summed E-state index contributed by atoms with van der Waals surface area (Å²) in [6.45, 7) is 0. The number of para-hydroxylation sites is 2. The molecule has 0 aliphatic heterocycles. The maximum Gasteiger partial charge on any atom is 0.336 e. The van der Waals surface area contributed by atoms with E-state index in [1.807, 2.05) is 42.6 Å². The van der Waals surface area contributed by atoms with Crippen molar-refractivity contribution in [1.29, 1.82) is 0 Å². The van der Waals surface area contributed by atoms with Gasteiger partial charge in [-0.3, -0.25) is 4.98 Å². The molecule has 0 amide bonds. The molecular weight excluding hydrogens is 310 g/mol. The third-order valence-electron chi connectivity index (χ3n) is 4.03. The molecular formula is C22H15NO2. The van der Waals surface area contributed by atoms with Gasteiger partial charge in [0.1, 0.15) is 5.58 Å². The van der Waals surface area contributed by atoms with Crippen LogP contribution in [0.5, 0.6) is 0 Å². The summed E-state index contributed by atoms with van der Waals surface area (Å²) >= 11 is 0. The quantitative estimate of drug-likeness (QED) is 0.291. The first-order valence-electron chi connectivity index (χ1n) is 8.03. The van der Waals surface area contributed by atoms with Crippen molar-refractivity contribution in [1.82, 2.24) is 4.98 Å². The van der Waals surface area contributed by atoms with Crippen LogP contribution in [0, 0.1) is 0 Å². The molecule has 0 aliphatic rings. The summed E-state index contributed by atoms with van der Waals surface area (Å²) in [5.74, 6) is 0. The van der Waals surface area contributed by atoms with Crippen LogP contribution in [0.15, 0.2) is 100 Å². The van der Waals surface area contributed by atoms with Crippen LogP contribution in [0.2, 0.25) is 0 Å². The molecule has 3 heteroatoms. The molecule has 3 aromatic carbocycles. The van der Waals surface area contributed by atoms with Gasteiger partial charge in [-0.25, -0.2) is 4.79 Å². The van der Waals surface area contributed by atoms with Crippen LogP contribution < -0.4 is 5.63 Å². The van der Waals surface area contributed by atoms with Gasteiger partial charge < -0.3 is 4.42 Å². The van der Waals surface area contributed by atoms with Gasteiger partial charge in [0.05, 0.1) is 5.52 Å². The van der Waals surface area contributed by atoms with E-state index in [0.717, 1.165) is 10.9 Å². The smallest absolute Gasteiger partial charge is 0.336 e. The summed E-state index contributed by atoms with van der Waals surface area (Å²) < 4.78 is 4.91. The second-order valence-electron chi connectivity index (χ2n) is 5.65. The van der Waals surface area contributed by atoms with Gasteiger partial charge in [-0.1, -0.05) is 60.7 Å². The SMILES string of the molecule is O=c1ccc2ccccc2o1.c1ccc2c(c1)cnc1ccccc12. The maximum absolute atomic E-state index is 10.7. The number of nitrogens with zero attached hydrogens (tertiary/aromatic N) is 1. The van der Waals surface area contributed by atoms with Crippen molar-refractivity contribution in [3.05, 3.63) is 102 Å². The molecule has 5 aromatic rings. The van der Waals surface area contributed by atoms with Crippen LogP contribution in [0.25, 0.3) is 32.6 Å². The summed E-state index contributed by atoms with van der Waals surface area (Å²) in [5, 5.41) is 4.65. The fraction of sp³-hybridized carbons (Fsp3) is 0. The largest absolute Gasteiger partial charge is 0.423 e. The molecule has 0 saturated carbocycles. The Labute approximate surface area is 144 Å². The second-order valence-corrected chi connectivity index (χ2v) is 5.65. The first-order valence-corrected chi connectivity index (χ1v) is 8.03. The Kier molecular flexibility index (Phi) is 3.97. The third-order valence-corrected chi connectivity index (χ3v) is 4.03. The lowest BCUT2D eigenvalue weighted by atomic mass is 10.1. The average molecular weight is 325 g/mol. The van der Waals surface area contributed by atoms with E-state index in [0.29, 0.717) is 5.58 Å². The first kappa shape index (κ1) is 15.1. The second kappa shape index (κ2) is 6.57. The minimum Gasteiger partial charge on any atom is -0.423 e. The van der Waals surface area contributed by atoms with E-state index in [1.165, 1.54) is 22.2 Å². The van der Waals surface area contributed by atoms with E-state index >= 15 is 0 Å². The van der Waals surface area contributed by atoms with Gasteiger partial charge >= 0.3 is 5.63 Å². The van der Waals surface area contributed by atoms with Crippen molar-refractivity contribution < 1.29 is 4.42 Å². The summed E-state index contributed by atoms with van der Waals surface area (Å²) in [4.78, 5) is 15.1. The van der Waals surface area contributed by atoms with Crippen LogP contribution >= 0.6 is 0 Å². The monoisotopic (exact) mass is 325 g/mol. The van der Waals surface area contributed by atoms with E-state index in [-0.39, 0.29) is 5.63 Å². The van der Waals surface area contributed by atoms with Crippen molar-refractivity contribution in [3.8, 4) is 0 Å². The van der Waals surface area contributed by atoms with Crippen molar-refractivity contribution in [2.24, 2.45) is 0 Å². The fourth-order valence-electron chi connectivity index (χ4n) is 2.82. The van der Waals surface area contributed by atoms with E-state index in [9.17, 15) is 4.79 Å². The van der Waals surface area contributed by atoms with Gasteiger partial charge in [0.25, 0.3) is 0 Å². The van der Waals surface area contributed by atoms with Crippen LogP contribution in [0.1, 0.15) is 0 Å². The molecule has 0 aliphatic carbocycles. The highest BCUT2D eigenvalue weighted by atomic mass is 16.4. The van der Waals surface area contributed by atoms with Crippen molar-refractivity contribution in [3.63, 3.8) is 0 Å². The Morgan fingerprint density at radius 2 is 1.32 bits per heavy atom. The minimum atomic E-state index is -0.302. The molecule has 5 rings (SSSR count). The van der Waals surface area contributed by atoms with Crippen LogP contribution in [0.4, 0.5) is 0 Å². The number of fused-ring (bicyclic) bond motifs is 4.